The van der Waals surface area contributed by atoms with E-state index in [0.29, 0.717) is 12.2 Å². The number of rotatable bonds is 6. The van der Waals surface area contributed by atoms with E-state index < -0.39 is 16.6 Å². The van der Waals surface area contributed by atoms with Crippen LogP contribution in [0.15, 0.2) is 29.8 Å². The molecule has 2 N–H and O–H groups in total. The minimum atomic E-state index is -1.32. The number of nitro groups is 1. The molecule has 110 valence electrons. The van der Waals surface area contributed by atoms with Crippen molar-refractivity contribution < 1.29 is 14.8 Å². The standard InChI is InChI=1S/C13H13N3O4S/c1-8(12-14-4-5-21-12)7-15-9-2-3-11(16(19)20)10(6-9)13(17)18/h2-6,8,15H,7H2,1H3,(H,17,18). The first-order chi connectivity index (χ1) is 9.99. The summed E-state index contributed by atoms with van der Waals surface area (Å²) < 4.78 is 0. The molecule has 1 aromatic heterocycles. The average molecular weight is 307 g/mol. The molecular weight excluding hydrogens is 294 g/mol. The fourth-order valence-electron chi connectivity index (χ4n) is 1.81. The summed E-state index contributed by atoms with van der Waals surface area (Å²) in [5.74, 6) is -1.16. The molecule has 0 amide bonds. The maximum absolute atomic E-state index is 11.1. The van der Waals surface area contributed by atoms with Crippen molar-refractivity contribution in [3.05, 3.63) is 50.5 Å². The molecule has 0 aliphatic heterocycles. The molecule has 0 aliphatic rings. The molecule has 0 fully saturated rings. The maximum Gasteiger partial charge on any atom is 0.342 e. The molecule has 1 heterocycles. The summed E-state index contributed by atoms with van der Waals surface area (Å²) in [6.45, 7) is 2.56. The highest BCUT2D eigenvalue weighted by atomic mass is 32.1. The molecule has 8 heteroatoms. The minimum absolute atomic E-state index is 0.161. The Hall–Kier alpha value is -2.48. The van der Waals surface area contributed by atoms with Crippen LogP contribution in [-0.4, -0.2) is 27.5 Å². The molecule has 0 saturated heterocycles. The van der Waals surface area contributed by atoms with E-state index in [1.54, 1.807) is 17.5 Å². The SMILES string of the molecule is CC(CNc1ccc([N+](=O)[O-])c(C(=O)O)c1)c1nccs1. The highest BCUT2D eigenvalue weighted by molar-refractivity contribution is 7.09. The number of hydrogen-bond donors (Lipinski definition) is 2. The molecule has 0 radical (unpaired) electrons. The van der Waals surface area contributed by atoms with Gasteiger partial charge in [0.1, 0.15) is 5.56 Å². The number of thiazole rings is 1. The molecule has 1 unspecified atom stereocenters. The average Bonchev–Trinajstić information content (AvgIpc) is 2.98. The van der Waals surface area contributed by atoms with Gasteiger partial charge in [-0.3, -0.25) is 10.1 Å². The van der Waals surface area contributed by atoms with Crippen LogP contribution >= 0.6 is 11.3 Å². The van der Waals surface area contributed by atoms with E-state index in [-0.39, 0.29) is 11.5 Å². The second-order valence-corrected chi connectivity index (χ2v) is 5.37. The van der Waals surface area contributed by atoms with Crippen LogP contribution in [0.1, 0.15) is 28.2 Å². The molecule has 1 aromatic carbocycles. The van der Waals surface area contributed by atoms with E-state index in [1.165, 1.54) is 18.2 Å². The Morgan fingerprint density at radius 3 is 2.90 bits per heavy atom. The summed E-state index contributed by atoms with van der Waals surface area (Å²) in [5.41, 5.74) is -0.214. The third kappa shape index (κ3) is 3.54. The van der Waals surface area contributed by atoms with Gasteiger partial charge in [-0.25, -0.2) is 9.78 Å². The van der Waals surface area contributed by atoms with Gasteiger partial charge >= 0.3 is 5.97 Å². The van der Waals surface area contributed by atoms with Crippen LogP contribution in [-0.2, 0) is 0 Å². The normalized spacial score (nSPS) is 11.9. The smallest absolute Gasteiger partial charge is 0.342 e. The van der Waals surface area contributed by atoms with Gasteiger partial charge in [-0.15, -0.1) is 11.3 Å². The van der Waals surface area contributed by atoms with E-state index in [2.05, 4.69) is 10.3 Å². The molecule has 0 saturated carbocycles. The van der Waals surface area contributed by atoms with Crippen LogP contribution in [0.25, 0.3) is 0 Å². The van der Waals surface area contributed by atoms with Crippen LogP contribution < -0.4 is 5.32 Å². The molecular formula is C13H13N3O4S. The van der Waals surface area contributed by atoms with Crippen molar-refractivity contribution >= 4 is 28.7 Å². The largest absolute Gasteiger partial charge is 0.477 e. The number of carboxylic acid groups (broad SMARTS) is 1. The number of nitro benzene ring substituents is 1. The second kappa shape index (κ2) is 6.31. The molecule has 0 spiro atoms. The van der Waals surface area contributed by atoms with Gasteiger partial charge in [0.15, 0.2) is 0 Å². The van der Waals surface area contributed by atoms with E-state index >= 15 is 0 Å². The summed E-state index contributed by atoms with van der Waals surface area (Å²) in [7, 11) is 0. The first-order valence-electron chi connectivity index (χ1n) is 6.14. The summed E-state index contributed by atoms with van der Waals surface area (Å²) in [6.07, 6.45) is 1.73. The zero-order valence-corrected chi connectivity index (χ0v) is 12.0. The van der Waals surface area contributed by atoms with E-state index in [9.17, 15) is 14.9 Å². The van der Waals surface area contributed by atoms with Crippen molar-refractivity contribution in [1.29, 1.82) is 0 Å². The van der Waals surface area contributed by atoms with Gasteiger partial charge in [-0.05, 0) is 12.1 Å². The quantitative estimate of drug-likeness (QED) is 0.628. The van der Waals surface area contributed by atoms with Gasteiger partial charge in [0.05, 0.1) is 9.93 Å². The van der Waals surface area contributed by atoms with Gasteiger partial charge in [0.2, 0.25) is 0 Å². The highest BCUT2D eigenvalue weighted by Crippen LogP contribution is 2.24. The lowest BCUT2D eigenvalue weighted by atomic mass is 10.1. The van der Waals surface area contributed by atoms with Gasteiger partial charge in [0.25, 0.3) is 5.69 Å². The predicted molar refractivity (Wildman–Crippen MR) is 79.1 cm³/mol. The van der Waals surface area contributed by atoms with E-state index in [0.717, 1.165) is 5.01 Å². The topological polar surface area (TPSA) is 105 Å². The highest BCUT2D eigenvalue weighted by Gasteiger charge is 2.20. The lowest BCUT2D eigenvalue weighted by Gasteiger charge is -2.11. The van der Waals surface area contributed by atoms with Crippen molar-refractivity contribution in [2.24, 2.45) is 0 Å². The molecule has 2 rings (SSSR count). The van der Waals surface area contributed by atoms with Gasteiger partial charge in [-0.2, -0.15) is 0 Å². The van der Waals surface area contributed by atoms with Crippen molar-refractivity contribution in [1.82, 2.24) is 4.98 Å². The lowest BCUT2D eigenvalue weighted by Crippen LogP contribution is -2.11. The number of aromatic carboxylic acids is 1. The van der Waals surface area contributed by atoms with Crippen LogP contribution in [0.3, 0.4) is 0 Å². The Kier molecular flexibility index (Phi) is 4.49. The molecule has 1 atom stereocenters. The lowest BCUT2D eigenvalue weighted by molar-refractivity contribution is -0.385. The van der Waals surface area contributed by atoms with Crippen molar-refractivity contribution in [2.75, 3.05) is 11.9 Å². The zero-order valence-electron chi connectivity index (χ0n) is 11.1. The predicted octanol–water partition coefficient (Wildman–Crippen LogP) is 2.97. The monoisotopic (exact) mass is 307 g/mol. The van der Waals surface area contributed by atoms with Gasteiger partial charge < -0.3 is 10.4 Å². The number of nitrogens with one attached hydrogen (secondary N) is 1. The van der Waals surface area contributed by atoms with E-state index in [4.69, 9.17) is 5.11 Å². The number of anilines is 1. The fourth-order valence-corrected chi connectivity index (χ4v) is 2.51. The Balaban J connectivity index is 2.12. The summed E-state index contributed by atoms with van der Waals surface area (Å²) in [6, 6.07) is 3.97. The number of nitrogens with zero attached hydrogens (tertiary/aromatic N) is 2. The van der Waals surface area contributed by atoms with Crippen molar-refractivity contribution in [2.45, 2.75) is 12.8 Å². The Bertz CT molecular complexity index is 657. The first kappa shape index (κ1) is 14.9. The maximum atomic E-state index is 11.1. The molecule has 21 heavy (non-hydrogen) atoms. The van der Waals surface area contributed by atoms with Gasteiger partial charge in [-0.1, -0.05) is 6.92 Å². The number of carboxylic acids is 1. The van der Waals surface area contributed by atoms with Gasteiger partial charge in [0, 0.05) is 35.8 Å². The summed E-state index contributed by atoms with van der Waals surface area (Å²) in [4.78, 5) is 25.3. The minimum Gasteiger partial charge on any atom is -0.477 e. The Morgan fingerprint density at radius 2 is 2.33 bits per heavy atom. The van der Waals surface area contributed by atoms with Crippen LogP contribution in [0.5, 0.6) is 0 Å². The molecule has 0 bridgehead atoms. The number of carbonyl (C=O) groups is 1. The third-order valence-electron chi connectivity index (χ3n) is 2.91. The number of benzene rings is 1. The third-order valence-corrected chi connectivity index (χ3v) is 3.92. The van der Waals surface area contributed by atoms with Crippen molar-refractivity contribution in [3.8, 4) is 0 Å². The summed E-state index contributed by atoms with van der Waals surface area (Å²) in [5, 5.41) is 25.7. The molecule has 2 aromatic rings. The second-order valence-electron chi connectivity index (χ2n) is 4.45. The van der Waals surface area contributed by atoms with Crippen LogP contribution in [0.4, 0.5) is 11.4 Å². The fraction of sp³-hybridized carbons (Fsp3) is 0.231. The number of aromatic nitrogens is 1. The molecule has 7 nitrogen and oxygen atoms in total. The van der Waals surface area contributed by atoms with Crippen LogP contribution in [0, 0.1) is 10.1 Å². The van der Waals surface area contributed by atoms with Crippen molar-refractivity contribution in [3.63, 3.8) is 0 Å². The Labute approximate surface area is 124 Å². The first-order valence-corrected chi connectivity index (χ1v) is 7.02. The molecule has 0 aliphatic carbocycles. The zero-order chi connectivity index (χ0) is 15.4. The number of hydrogen-bond acceptors (Lipinski definition) is 6. The van der Waals surface area contributed by atoms with Crippen LogP contribution in [0.2, 0.25) is 0 Å². The summed E-state index contributed by atoms with van der Waals surface area (Å²) >= 11 is 1.55. The Morgan fingerprint density at radius 1 is 1.57 bits per heavy atom. The van der Waals surface area contributed by atoms with E-state index in [1.807, 2.05) is 12.3 Å².